The van der Waals surface area contributed by atoms with E-state index in [1.807, 2.05) is 6.07 Å². The molecule has 0 bridgehead atoms. The molecule has 142 valence electrons. The van der Waals surface area contributed by atoms with Crippen LogP contribution in [0.15, 0.2) is 78.9 Å². The van der Waals surface area contributed by atoms with Gasteiger partial charge in [-0.2, -0.15) is 0 Å². The smallest absolute Gasteiger partial charge is 0.135 e. The summed E-state index contributed by atoms with van der Waals surface area (Å²) in [6, 6.07) is 27.7. The Labute approximate surface area is 174 Å². The predicted molar refractivity (Wildman–Crippen MR) is 124 cm³/mol. The fraction of sp³-hybridized carbons (Fsp3) is 0.154. The minimum atomic E-state index is -0.115. The Bertz CT molecular complexity index is 1310. The summed E-state index contributed by atoms with van der Waals surface area (Å²) in [5, 5.41) is 1.21. The molecule has 0 amide bonds. The number of thiophene rings is 1. The van der Waals surface area contributed by atoms with Crippen molar-refractivity contribution < 1.29 is 0 Å². The van der Waals surface area contributed by atoms with Gasteiger partial charge >= 0.3 is 0 Å². The molecule has 3 heteroatoms. The molecule has 0 aliphatic carbocycles. The zero-order valence-electron chi connectivity index (χ0n) is 16.8. The van der Waals surface area contributed by atoms with Gasteiger partial charge in [0.05, 0.1) is 15.9 Å². The van der Waals surface area contributed by atoms with Gasteiger partial charge in [0.2, 0.25) is 0 Å². The molecule has 0 atom stereocenters. The number of rotatable bonds is 2. The van der Waals surface area contributed by atoms with Gasteiger partial charge in [-0.1, -0.05) is 93.6 Å². The Hall–Kier alpha value is -3.04. The average Bonchev–Trinajstić information content (AvgIpc) is 3.12. The highest BCUT2D eigenvalue weighted by Gasteiger charge is 2.22. The Morgan fingerprint density at radius 1 is 0.655 bits per heavy atom. The summed E-state index contributed by atoms with van der Waals surface area (Å²) in [5.74, 6) is 0.885. The molecule has 0 spiro atoms. The summed E-state index contributed by atoms with van der Waals surface area (Å²) in [4.78, 5) is 10.0. The van der Waals surface area contributed by atoms with Crippen LogP contribution in [0.3, 0.4) is 0 Å². The molecule has 2 aromatic heterocycles. The normalized spacial score (nSPS) is 12.0. The molecule has 0 aliphatic rings. The van der Waals surface area contributed by atoms with E-state index in [0.717, 1.165) is 27.3 Å². The second-order valence-electron chi connectivity index (χ2n) is 8.37. The van der Waals surface area contributed by atoms with E-state index in [0.29, 0.717) is 0 Å². The lowest BCUT2D eigenvalue weighted by molar-refractivity contribution is 0.549. The van der Waals surface area contributed by atoms with Crippen molar-refractivity contribution in [2.45, 2.75) is 26.2 Å². The van der Waals surface area contributed by atoms with Gasteiger partial charge in [-0.25, -0.2) is 9.97 Å². The van der Waals surface area contributed by atoms with Crippen LogP contribution in [0, 0.1) is 0 Å². The molecular weight excluding hydrogens is 372 g/mol. The van der Waals surface area contributed by atoms with E-state index in [1.165, 1.54) is 21.2 Å². The Morgan fingerprint density at radius 2 is 1.28 bits per heavy atom. The molecule has 0 unspecified atom stereocenters. The van der Waals surface area contributed by atoms with Crippen molar-refractivity contribution >= 4 is 31.6 Å². The lowest BCUT2D eigenvalue weighted by atomic mass is 9.95. The molecule has 29 heavy (non-hydrogen) atoms. The zero-order valence-corrected chi connectivity index (χ0v) is 17.6. The Balaban J connectivity index is 1.73. The van der Waals surface area contributed by atoms with Gasteiger partial charge in [0.25, 0.3) is 0 Å². The number of aromatic nitrogens is 2. The molecule has 0 aliphatic heterocycles. The van der Waals surface area contributed by atoms with Crippen LogP contribution < -0.4 is 0 Å². The monoisotopic (exact) mass is 394 g/mol. The number of benzene rings is 3. The van der Waals surface area contributed by atoms with Crippen LogP contribution in [0.25, 0.3) is 42.7 Å². The lowest BCUT2D eigenvalue weighted by Crippen LogP contribution is -2.16. The number of hydrogen-bond acceptors (Lipinski definition) is 3. The fourth-order valence-corrected chi connectivity index (χ4v) is 4.73. The molecule has 2 heterocycles. The van der Waals surface area contributed by atoms with E-state index in [1.54, 1.807) is 11.3 Å². The molecule has 0 N–H and O–H groups in total. The number of fused-ring (bicyclic) bond motifs is 3. The van der Waals surface area contributed by atoms with E-state index in [2.05, 4.69) is 93.6 Å². The van der Waals surface area contributed by atoms with Gasteiger partial charge in [-0.15, -0.1) is 11.3 Å². The third kappa shape index (κ3) is 3.22. The van der Waals surface area contributed by atoms with Crippen LogP contribution in [0.5, 0.6) is 0 Å². The zero-order chi connectivity index (χ0) is 20.0. The highest BCUT2D eigenvalue weighted by Crippen LogP contribution is 2.39. The van der Waals surface area contributed by atoms with Crippen LogP contribution in [-0.2, 0) is 5.41 Å². The lowest BCUT2D eigenvalue weighted by Gasteiger charge is -2.18. The minimum Gasteiger partial charge on any atom is -0.231 e. The Morgan fingerprint density at radius 3 is 2.00 bits per heavy atom. The molecule has 5 rings (SSSR count). The van der Waals surface area contributed by atoms with E-state index in [9.17, 15) is 0 Å². The first kappa shape index (κ1) is 18.0. The third-order valence-electron chi connectivity index (χ3n) is 5.16. The molecule has 0 saturated carbocycles. The third-order valence-corrected chi connectivity index (χ3v) is 6.32. The first-order valence-electron chi connectivity index (χ1n) is 9.86. The van der Waals surface area contributed by atoms with Gasteiger partial charge in [0.15, 0.2) is 0 Å². The van der Waals surface area contributed by atoms with Crippen molar-refractivity contribution in [1.29, 1.82) is 0 Å². The number of hydrogen-bond donors (Lipinski definition) is 0. The second kappa shape index (κ2) is 6.78. The van der Waals surface area contributed by atoms with E-state index in [4.69, 9.17) is 9.97 Å². The van der Waals surface area contributed by atoms with Crippen molar-refractivity contribution in [2.75, 3.05) is 0 Å². The first-order chi connectivity index (χ1) is 14.0. The van der Waals surface area contributed by atoms with E-state index >= 15 is 0 Å². The Kier molecular flexibility index (Phi) is 4.21. The molecule has 0 radical (unpaired) electrons. The first-order valence-corrected chi connectivity index (χ1v) is 10.7. The van der Waals surface area contributed by atoms with Crippen molar-refractivity contribution in [1.82, 2.24) is 9.97 Å². The van der Waals surface area contributed by atoms with Gasteiger partial charge in [0, 0.05) is 21.1 Å². The van der Waals surface area contributed by atoms with Gasteiger partial charge in [-0.3, -0.25) is 0 Å². The van der Waals surface area contributed by atoms with Crippen LogP contribution >= 0.6 is 11.3 Å². The predicted octanol–water partition coefficient (Wildman–Crippen LogP) is 7.48. The summed E-state index contributed by atoms with van der Waals surface area (Å²) >= 11 is 1.78. The highest BCUT2D eigenvalue weighted by molar-refractivity contribution is 7.26. The van der Waals surface area contributed by atoms with Crippen LogP contribution in [0.4, 0.5) is 0 Å². The second-order valence-corrected chi connectivity index (χ2v) is 9.42. The standard InChI is InChI=1S/C26H22N2S/c1-26(2,3)25-27-22(24-23(28-25)20-11-7-8-12-21(20)29-24)19-15-13-18(14-16-19)17-9-5-4-6-10-17/h4-16H,1-3H3. The van der Waals surface area contributed by atoms with E-state index < -0.39 is 0 Å². The molecule has 2 nitrogen and oxygen atoms in total. The topological polar surface area (TPSA) is 25.8 Å². The van der Waals surface area contributed by atoms with E-state index in [-0.39, 0.29) is 5.41 Å². The van der Waals surface area contributed by atoms with Crippen LogP contribution in [-0.4, -0.2) is 9.97 Å². The average molecular weight is 395 g/mol. The summed E-state index contributed by atoms with van der Waals surface area (Å²) in [5.41, 5.74) is 5.55. The largest absolute Gasteiger partial charge is 0.231 e. The summed E-state index contributed by atoms with van der Waals surface area (Å²) in [6.07, 6.45) is 0. The van der Waals surface area contributed by atoms with Crippen molar-refractivity contribution in [3.05, 3.63) is 84.7 Å². The summed E-state index contributed by atoms with van der Waals surface area (Å²) in [6.45, 7) is 6.51. The fourth-order valence-electron chi connectivity index (χ4n) is 3.57. The van der Waals surface area contributed by atoms with Crippen LogP contribution in [0.1, 0.15) is 26.6 Å². The van der Waals surface area contributed by atoms with Crippen LogP contribution in [0.2, 0.25) is 0 Å². The molecule has 0 saturated heterocycles. The summed E-state index contributed by atoms with van der Waals surface area (Å²) < 4.78 is 2.41. The minimum absolute atomic E-state index is 0.115. The maximum Gasteiger partial charge on any atom is 0.135 e. The van der Waals surface area contributed by atoms with Crippen molar-refractivity contribution in [2.24, 2.45) is 0 Å². The van der Waals surface area contributed by atoms with Crippen molar-refractivity contribution in [3.8, 4) is 22.4 Å². The summed E-state index contributed by atoms with van der Waals surface area (Å²) in [7, 11) is 0. The highest BCUT2D eigenvalue weighted by atomic mass is 32.1. The SMILES string of the molecule is CC(C)(C)c1nc(-c2ccc(-c3ccccc3)cc2)c2sc3ccccc3c2n1. The van der Waals surface area contributed by atoms with Gasteiger partial charge in [-0.05, 0) is 17.2 Å². The quantitative estimate of drug-likeness (QED) is 0.310. The molecule has 5 aromatic rings. The van der Waals surface area contributed by atoms with Gasteiger partial charge in [0.1, 0.15) is 5.82 Å². The molecule has 0 fully saturated rings. The number of nitrogens with zero attached hydrogens (tertiary/aromatic N) is 2. The molecular formula is C26H22N2S. The van der Waals surface area contributed by atoms with Crippen molar-refractivity contribution in [3.63, 3.8) is 0 Å². The maximum absolute atomic E-state index is 5.04. The maximum atomic E-state index is 5.04. The van der Waals surface area contributed by atoms with Gasteiger partial charge < -0.3 is 0 Å². The molecule has 3 aromatic carbocycles.